The number of fused-ring (bicyclic) bond motifs is 2. The van der Waals surface area contributed by atoms with Crippen molar-refractivity contribution in [1.29, 1.82) is 0 Å². The molecule has 16 heavy (non-hydrogen) atoms. The highest BCUT2D eigenvalue weighted by molar-refractivity contribution is 5.66. The van der Waals surface area contributed by atoms with E-state index in [2.05, 4.69) is 6.92 Å². The fourth-order valence-corrected chi connectivity index (χ4v) is 3.27. The molecule has 0 bridgehead atoms. The molecule has 0 radical (unpaired) electrons. The Labute approximate surface area is 99.0 Å². The Morgan fingerprint density at radius 2 is 1.12 bits per heavy atom. The molecular formula is C15H23N. The molecule has 2 N–H and O–H groups in total. The van der Waals surface area contributed by atoms with E-state index in [0.717, 1.165) is 5.69 Å². The zero-order valence-electron chi connectivity index (χ0n) is 10.8. The molecular weight excluding hydrogens is 194 g/mol. The van der Waals surface area contributed by atoms with Crippen LogP contribution in [0, 0.1) is 6.92 Å². The lowest BCUT2D eigenvalue weighted by molar-refractivity contribution is 0.894. The topological polar surface area (TPSA) is 26.0 Å². The highest BCUT2D eigenvalue weighted by atomic mass is 14.6. The Kier molecular flexibility index (Phi) is 3.22. The first-order valence-electron chi connectivity index (χ1n) is 6.70. The van der Waals surface area contributed by atoms with Gasteiger partial charge < -0.3 is 5.73 Å². The summed E-state index contributed by atoms with van der Waals surface area (Å²) >= 11 is 0. The molecule has 1 heteroatoms. The summed E-state index contributed by atoms with van der Waals surface area (Å²) in [6.07, 6.45) is 7.58. The van der Waals surface area contributed by atoms with E-state index in [1.165, 1.54) is 49.7 Å². The number of nitrogens with two attached hydrogens (primary N) is 1. The van der Waals surface area contributed by atoms with Crippen molar-refractivity contribution in [3.8, 4) is 0 Å². The van der Waals surface area contributed by atoms with Crippen molar-refractivity contribution in [3.63, 3.8) is 0 Å². The van der Waals surface area contributed by atoms with Crippen LogP contribution in [0.25, 0.3) is 0 Å². The van der Waals surface area contributed by atoms with Crippen molar-refractivity contribution >= 4 is 5.69 Å². The zero-order valence-corrected chi connectivity index (χ0v) is 10.8. The molecule has 0 saturated carbocycles. The molecule has 0 aromatic heterocycles. The second-order valence-corrected chi connectivity index (χ2v) is 4.66. The monoisotopic (exact) mass is 217 g/mol. The smallest absolute Gasteiger partial charge is 0.0384 e. The van der Waals surface area contributed by atoms with E-state index in [-0.39, 0.29) is 0 Å². The van der Waals surface area contributed by atoms with Gasteiger partial charge in [0.05, 0.1) is 0 Å². The van der Waals surface area contributed by atoms with Gasteiger partial charge >= 0.3 is 0 Å². The van der Waals surface area contributed by atoms with Gasteiger partial charge in [0, 0.05) is 5.69 Å². The molecule has 1 nitrogen and oxygen atoms in total. The maximum atomic E-state index is 6.25. The van der Waals surface area contributed by atoms with Crippen molar-refractivity contribution in [2.45, 2.75) is 59.3 Å². The maximum Gasteiger partial charge on any atom is 0.0384 e. The first-order valence-corrected chi connectivity index (χ1v) is 6.70. The Morgan fingerprint density at radius 1 is 0.750 bits per heavy atom. The lowest BCUT2D eigenvalue weighted by Gasteiger charge is -2.14. The van der Waals surface area contributed by atoms with Crippen molar-refractivity contribution in [2.24, 2.45) is 0 Å². The van der Waals surface area contributed by atoms with Crippen LogP contribution in [0.4, 0.5) is 5.69 Å². The molecule has 88 valence electrons. The summed E-state index contributed by atoms with van der Waals surface area (Å²) in [7, 11) is 0. The molecule has 0 saturated heterocycles. The minimum absolute atomic E-state index is 1.15. The summed E-state index contributed by atoms with van der Waals surface area (Å²) in [4.78, 5) is 0. The highest BCUT2D eigenvalue weighted by Crippen LogP contribution is 2.39. The van der Waals surface area contributed by atoms with Gasteiger partial charge in [0.15, 0.2) is 0 Å². The number of rotatable bonds is 0. The van der Waals surface area contributed by atoms with Gasteiger partial charge in [0.25, 0.3) is 0 Å². The van der Waals surface area contributed by atoms with Crippen molar-refractivity contribution in [2.75, 3.05) is 5.73 Å². The minimum Gasteiger partial charge on any atom is -0.398 e. The summed E-state index contributed by atoms with van der Waals surface area (Å²) in [6, 6.07) is 0. The summed E-state index contributed by atoms with van der Waals surface area (Å²) in [5.74, 6) is 0. The lowest BCUT2D eigenvalue weighted by atomic mass is 9.93. The quantitative estimate of drug-likeness (QED) is 0.660. The van der Waals surface area contributed by atoms with Crippen LogP contribution in [0.3, 0.4) is 0 Å². The Morgan fingerprint density at radius 3 is 1.56 bits per heavy atom. The lowest BCUT2D eigenvalue weighted by Crippen LogP contribution is -2.03. The highest BCUT2D eigenvalue weighted by Gasteiger charge is 2.25. The Hall–Kier alpha value is -0.980. The van der Waals surface area contributed by atoms with E-state index in [0.29, 0.717) is 0 Å². The van der Waals surface area contributed by atoms with Gasteiger partial charge in [0.1, 0.15) is 0 Å². The van der Waals surface area contributed by atoms with Crippen LogP contribution in [0.2, 0.25) is 0 Å². The van der Waals surface area contributed by atoms with Crippen molar-refractivity contribution < 1.29 is 0 Å². The fraction of sp³-hybridized carbons (Fsp3) is 0.600. The first kappa shape index (κ1) is 11.5. The average molecular weight is 217 g/mol. The van der Waals surface area contributed by atoms with Crippen LogP contribution in [0.1, 0.15) is 54.5 Å². The second kappa shape index (κ2) is 4.48. The van der Waals surface area contributed by atoms with Gasteiger partial charge in [-0.1, -0.05) is 13.8 Å². The number of anilines is 1. The number of nitrogen functional groups attached to an aromatic ring is 1. The van der Waals surface area contributed by atoms with E-state index in [1.54, 1.807) is 16.7 Å². The predicted octanol–water partition coefficient (Wildman–Crippen LogP) is 3.58. The van der Waals surface area contributed by atoms with Gasteiger partial charge in [-0.15, -0.1) is 0 Å². The van der Waals surface area contributed by atoms with Crippen LogP contribution < -0.4 is 5.73 Å². The molecule has 0 atom stereocenters. The van der Waals surface area contributed by atoms with E-state index < -0.39 is 0 Å². The van der Waals surface area contributed by atoms with E-state index in [4.69, 9.17) is 5.73 Å². The molecule has 2 aliphatic rings. The minimum atomic E-state index is 1.15. The maximum absolute atomic E-state index is 6.25. The fourth-order valence-electron chi connectivity index (χ4n) is 3.27. The third-order valence-electron chi connectivity index (χ3n) is 3.99. The van der Waals surface area contributed by atoms with Crippen LogP contribution in [-0.4, -0.2) is 0 Å². The first-order chi connectivity index (χ1) is 7.79. The molecule has 3 rings (SSSR count). The summed E-state index contributed by atoms with van der Waals surface area (Å²) < 4.78 is 0. The standard InChI is InChI=1S/C13H17N.C2H6/c1-8-9-4-2-6-11(9)13(14)12-7-3-5-10(8)12;1-2/h2-7,14H2,1H3;1-2H3. The van der Waals surface area contributed by atoms with Gasteiger partial charge in [-0.2, -0.15) is 0 Å². The predicted molar refractivity (Wildman–Crippen MR) is 71.0 cm³/mol. The molecule has 0 unspecified atom stereocenters. The second-order valence-electron chi connectivity index (χ2n) is 4.66. The third-order valence-corrected chi connectivity index (χ3v) is 3.99. The molecule has 0 heterocycles. The largest absolute Gasteiger partial charge is 0.398 e. The van der Waals surface area contributed by atoms with Gasteiger partial charge in [0.2, 0.25) is 0 Å². The van der Waals surface area contributed by atoms with Crippen LogP contribution in [0.15, 0.2) is 0 Å². The molecule has 0 aliphatic heterocycles. The average Bonchev–Trinajstić information content (AvgIpc) is 2.97. The summed E-state index contributed by atoms with van der Waals surface area (Å²) in [6.45, 7) is 6.30. The van der Waals surface area contributed by atoms with Crippen molar-refractivity contribution in [3.05, 3.63) is 27.8 Å². The van der Waals surface area contributed by atoms with Crippen LogP contribution in [0.5, 0.6) is 0 Å². The van der Waals surface area contributed by atoms with Crippen molar-refractivity contribution in [1.82, 2.24) is 0 Å². The van der Waals surface area contributed by atoms with E-state index in [9.17, 15) is 0 Å². The number of hydrogen-bond donors (Lipinski definition) is 1. The SMILES string of the molecule is CC.Cc1c2c(c(N)c3c1CCC3)CCC2. The van der Waals surface area contributed by atoms with E-state index >= 15 is 0 Å². The van der Waals surface area contributed by atoms with Crippen LogP contribution in [-0.2, 0) is 25.7 Å². The Balaban J connectivity index is 0.000000457. The van der Waals surface area contributed by atoms with Gasteiger partial charge in [-0.05, 0) is 73.3 Å². The Bertz CT molecular complexity index is 332. The molecule has 1 aromatic carbocycles. The summed E-state index contributed by atoms with van der Waals surface area (Å²) in [5, 5.41) is 0. The van der Waals surface area contributed by atoms with E-state index in [1.807, 2.05) is 13.8 Å². The summed E-state index contributed by atoms with van der Waals surface area (Å²) in [5.41, 5.74) is 15.1. The molecule has 0 spiro atoms. The normalized spacial score (nSPS) is 16.4. The zero-order chi connectivity index (χ0) is 11.7. The molecule has 0 amide bonds. The van der Waals surface area contributed by atoms with Gasteiger partial charge in [-0.3, -0.25) is 0 Å². The number of benzene rings is 1. The molecule has 1 aromatic rings. The number of hydrogen-bond acceptors (Lipinski definition) is 1. The third kappa shape index (κ3) is 1.53. The molecule has 2 aliphatic carbocycles. The van der Waals surface area contributed by atoms with Gasteiger partial charge in [-0.25, -0.2) is 0 Å². The molecule has 0 fully saturated rings. The van der Waals surface area contributed by atoms with Crippen LogP contribution >= 0.6 is 0 Å².